The number of fused-ring (bicyclic) bond motifs is 1. The lowest BCUT2D eigenvalue weighted by Gasteiger charge is -2.35. The predicted octanol–water partition coefficient (Wildman–Crippen LogP) is 1.82. The molecular formula is C15H23N3. The molecule has 18 heavy (non-hydrogen) atoms. The van der Waals surface area contributed by atoms with Gasteiger partial charge in [0.2, 0.25) is 0 Å². The van der Waals surface area contributed by atoms with Crippen LogP contribution in [0.15, 0.2) is 18.2 Å². The molecule has 0 saturated carbocycles. The fourth-order valence-corrected chi connectivity index (χ4v) is 3.03. The van der Waals surface area contributed by atoms with E-state index in [1.165, 1.54) is 49.4 Å². The van der Waals surface area contributed by atoms with Crippen LogP contribution >= 0.6 is 0 Å². The van der Waals surface area contributed by atoms with E-state index in [4.69, 9.17) is 0 Å². The molecule has 0 spiro atoms. The van der Waals surface area contributed by atoms with Crippen LogP contribution in [-0.4, -0.2) is 51.7 Å². The van der Waals surface area contributed by atoms with Crippen LogP contribution in [0.2, 0.25) is 0 Å². The van der Waals surface area contributed by atoms with Crippen LogP contribution in [0.4, 0.5) is 11.4 Å². The first-order valence-corrected chi connectivity index (χ1v) is 7.01. The molecule has 0 radical (unpaired) electrons. The maximum absolute atomic E-state index is 2.52. The number of hydrogen-bond acceptors (Lipinski definition) is 3. The highest BCUT2D eigenvalue weighted by Crippen LogP contribution is 2.30. The molecule has 98 valence electrons. The van der Waals surface area contributed by atoms with Gasteiger partial charge in [-0.3, -0.25) is 0 Å². The minimum Gasteiger partial charge on any atom is -0.374 e. The fraction of sp³-hybridized carbons (Fsp3) is 0.600. The molecule has 0 unspecified atom stereocenters. The van der Waals surface area contributed by atoms with Gasteiger partial charge < -0.3 is 14.7 Å². The van der Waals surface area contributed by atoms with E-state index in [0.29, 0.717) is 0 Å². The number of likely N-dealkylation sites (N-methyl/N-ethyl adjacent to an activating group) is 1. The summed E-state index contributed by atoms with van der Waals surface area (Å²) in [6, 6.07) is 7.02. The first-order valence-electron chi connectivity index (χ1n) is 7.01. The zero-order chi connectivity index (χ0) is 12.5. The van der Waals surface area contributed by atoms with Gasteiger partial charge in [0.1, 0.15) is 0 Å². The minimum atomic E-state index is 1.16. The van der Waals surface area contributed by atoms with Crippen LogP contribution in [-0.2, 0) is 6.42 Å². The number of benzene rings is 1. The van der Waals surface area contributed by atoms with Crippen LogP contribution in [0.5, 0.6) is 0 Å². The van der Waals surface area contributed by atoms with E-state index in [2.05, 4.69) is 47.0 Å². The molecule has 3 heteroatoms. The lowest BCUT2D eigenvalue weighted by Crippen LogP contribution is -2.44. The van der Waals surface area contributed by atoms with Gasteiger partial charge in [-0.2, -0.15) is 0 Å². The molecule has 0 amide bonds. The Morgan fingerprint density at radius 1 is 0.944 bits per heavy atom. The zero-order valence-electron chi connectivity index (χ0n) is 11.5. The molecule has 1 fully saturated rings. The molecule has 1 aromatic carbocycles. The molecule has 0 bridgehead atoms. The molecule has 0 aromatic heterocycles. The first kappa shape index (κ1) is 11.8. The van der Waals surface area contributed by atoms with E-state index in [9.17, 15) is 0 Å². The van der Waals surface area contributed by atoms with Crippen LogP contribution in [0.1, 0.15) is 12.0 Å². The van der Waals surface area contributed by atoms with Gasteiger partial charge in [0.05, 0.1) is 0 Å². The Balaban J connectivity index is 1.81. The van der Waals surface area contributed by atoms with Crippen LogP contribution in [0, 0.1) is 0 Å². The summed E-state index contributed by atoms with van der Waals surface area (Å²) >= 11 is 0. The second-order valence-corrected chi connectivity index (χ2v) is 5.63. The van der Waals surface area contributed by atoms with E-state index in [0.717, 1.165) is 13.1 Å². The van der Waals surface area contributed by atoms with E-state index >= 15 is 0 Å². The number of anilines is 2. The van der Waals surface area contributed by atoms with Crippen molar-refractivity contribution in [2.75, 3.05) is 56.6 Å². The van der Waals surface area contributed by atoms with Gasteiger partial charge in [-0.15, -0.1) is 0 Å². The van der Waals surface area contributed by atoms with Crippen LogP contribution in [0.25, 0.3) is 0 Å². The Bertz CT molecular complexity index is 422. The van der Waals surface area contributed by atoms with Crippen molar-refractivity contribution in [1.82, 2.24) is 4.90 Å². The topological polar surface area (TPSA) is 9.72 Å². The summed E-state index contributed by atoms with van der Waals surface area (Å²) in [6.07, 6.45) is 2.52. The van der Waals surface area contributed by atoms with Crippen molar-refractivity contribution in [3.8, 4) is 0 Å². The van der Waals surface area contributed by atoms with Crippen LogP contribution in [0.3, 0.4) is 0 Å². The predicted molar refractivity (Wildman–Crippen MR) is 77.7 cm³/mol. The quantitative estimate of drug-likeness (QED) is 0.747. The zero-order valence-corrected chi connectivity index (χ0v) is 11.5. The number of hydrogen-bond donors (Lipinski definition) is 0. The summed E-state index contributed by atoms with van der Waals surface area (Å²) in [5, 5.41) is 0. The van der Waals surface area contributed by atoms with Crippen LogP contribution < -0.4 is 9.80 Å². The molecule has 1 aromatic rings. The third-order valence-corrected chi connectivity index (χ3v) is 4.28. The number of nitrogens with zero attached hydrogens (tertiary/aromatic N) is 3. The van der Waals surface area contributed by atoms with E-state index in [-0.39, 0.29) is 0 Å². The Hall–Kier alpha value is -1.22. The molecule has 1 saturated heterocycles. The normalized spacial score (nSPS) is 21.0. The summed E-state index contributed by atoms with van der Waals surface area (Å²) in [5.41, 5.74) is 4.37. The Morgan fingerprint density at radius 3 is 2.50 bits per heavy atom. The van der Waals surface area contributed by atoms with E-state index in [1.54, 1.807) is 0 Å². The lowest BCUT2D eigenvalue weighted by molar-refractivity contribution is 0.313. The lowest BCUT2D eigenvalue weighted by atomic mass is 10.0. The van der Waals surface area contributed by atoms with Gasteiger partial charge in [0.25, 0.3) is 0 Å². The van der Waals surface area contributed by atoms with Gasteiger partial charge in [-0.05, 0) is 43.7 Å². The number of aryl methyl sites for hydroxylation is 1. The smallest absolute Gasteiger partial charge is 0.0397 e. The molecule has 3 nitrogen and oxygen atoms in total. The highest BCUT2D eigenvalue weighted by atomic mass is 15.2. The van der Waals surface area contributed by atoms with Crippen molar-refractivity contribution in [3.05, 3.63) is 23.8 Å². The minimum absolute atomic E-state index is 1.16. The van der Waals surface area contributed by atoms with Gasteiger partial charge >= 0.3 is 0 Å². The average molecular weight is 245 g/mol. The summed E-state index contributed by atoms with van der Waals surface area (Å²) in [7, 11) is 4.41. The number of piperazine rings is 1. The molecule has 2 aliphatic heterocycles. The van der Waals surface area contributed by atoms with Gasteiger partial charge in [0.15, 0.2) is 0 Å². The van der Waals surface area contributed by atoms with Crippen molar-refractivity contribution < 1.29 is 0 Å². The molecule has 0 aliphatic carbocycles. The molecule has 3 rings (SSSR count). The number of rotatable bonds is 1. The molecular weight excluding hydrogens is 222 g/mol. The summed E-state index contributed by atoms with van der Waals surface area (Å²) in [5.74, 6) is 0. The molecule has 0 N–H and O–H groups in total. The summed E-state index contributed by atoms with van der Waals surface area (Å²) in [4.78, 5) is 7.31. The largest absolute Gasteiger partial charge is 0.374 e. The van der Waals surface area contributed by atoms with Crippen molar-refractivity contribution in [2.45, 2.75) is 12.8 Å². The third-order valence-electron chi connectivity index (χ3n) is 4.28. The fourth-order valence-electron chi connectivity index (χ4n) is 3.03. The second-order valence-electron chi connectivity index (χ2n) is 5.63. The SMILES string of the molecule is CN1CCN(c2ccc3c(c2)CCCN3C)CC1. The van der Waals surface area contributed by atoms with Crippen molar-refractivity contribution in [3.63, 3.8) is 0 Å². The van der Waals surface area contributed by atoms with Gasteiger partial charge in [-0.1, -0.05) is 0 Å². The summed E-state index contributed by atoms with van der Waals surface area (Å²) in [6.45, 7) is 5.87. The highest BCUT2D eigenvalue weighted by molar-refractivity contribution is 5.63. The Kier molecular flexibility index (Phi) is 3.16. The summed E-state index contributed by atoms with van der Waals surface area (Å²) < 4.78 is 0. The molecule has 2 aliphatic rings. The Morgan fingerprint density at radius 2 is 1.72 bits per heavy atom. The van der Waals surface area contributed by atoms with Crippen molar-refractivity contribution >= 4 is 11.4 Å². The maximum atomic E-state index is 2.52. The van der Waals surface area contributed by atoms with E-state index in [1.807, 2.05) is 0 Å². The Labute approximate surface area is 110 Å². The van der Waals surface area contributed by atoms with Gasteiger partial charge in [0, 0.05) is 51.1 Å². The standard InChI is InChI=1S/C15H23N3/c1-16-8-10-18(11-9-16)14-5-6-15-13(12-14)4-3-7-17(15)2/h5-6,12H,3-4,7-11H2,1-2H3. The highest BCUT2D eigenvalue weighted by Gasteiger charge is 2.18. The average Bonchev–Trinajstić information content (AvgIpc) is 2.39. The monoisotopic (exact) mass is 245 g/mol. The first-order chi connectivity index (χ1) is 8.74. The van der Waals surface area contributed by atoms with E-state index < -0.39 is 0 Å². The maximum Gasteiger partial charge on any atom is 0.0397 e. The second kappa shape index (κ2) is 4.81. The molecule has 0 atom stereocenters. The molecule has 2 heterocycles. The van der Waals surface area contributed by atoms with Crippen molar-refractivity contribution in [2.24, 2.45) is 0 Å². The third kappa shape index (κ3) is 2.19. The van der Waals surface area contributed by atoms with Gasteiger partial charge in [-0.25, -0.2) is 0 Å². The van der Waals surface area contributed by atoms with Crippen molar-refractivity contribution in [1.29, 1.82) is 0 Å².